The third-order valence-electron chi connectivity index (χ3n) is 7.00. The number of benzene rings is 1. The van der Waals surface area contributed by atoms with Gasteiger partial charge in [-0.3, -0.25) is 24.0 Å². The number of aromatic nitrogens is 1. The molecule has 0 radical (unpaired) electrons. The monoisotopic (exact) mass is 616 g/mol. The molecule has 0 fully saturated rings. The number of amides is 3. The third kappa shape index (κ3) is 11.8. The predicted molar refractivity (Wildman–Crippen MR) is 163 cm³/mol. The van der Waals surface area contributed by atoms with E-state index in [0.717, 1.165) is 5.56 Å². The Kier molecular flexibility index (Phi) is 14.8. The van der Waals surface area contributed by atoms with E-state index < -0.39 is 36.0 Å². The van der Waals surface area contributed by atoms with Crippen LogP contribution in [0.3, 0.4) is 0 Å². The summed E-state index contributed by atoms with van der Waals surface area (Å²) >= 11 is 1.18. The molecule has 0 aliphatic carbocycles. The van der Waals surface area contributed by atoms with Crippen LogP contribution in [0.2, 0.25) is 0 Å². The average Bonchev–Trinajstić information content (AvgIpc) is 3.46. The van der Waals surface area contributed by atoms with Crippen molar-refractivity contribution in [2.45, 2.75) is 91.0 Å². The molecule has 1 aromatic heterocycles. The summed E-state index contributed by atoms with van der Waals surface area (Å²) in [5, 5.41) is 10.5. The molecule has 1 aromatic carbocycles. The summed E-state index contributed by atoms with van der Waals surface area (Å²) in [5.41, 5.74) is 1.16. The van der Waals surface area contributed by atoms with Gasteiger partial charge in [-0.2, -0.15) is 0 Å². The maximum absolute atomic E-state index is 13.3. The van der Waals surface area contributed by atoms with Gasteiger partial charge < -0.3 is 25.4 Å². The lowest BCUT2D eigenvalue weighted by Gasteiger charge is -2.28. The Hall–Kier alpha value is -3.80. The number of carbonyl (C=O) groups is 5. The van der Waals surface area contributed by atoms with Crippen molar-refractivity contribution >= 4 is 41.5 Å². The average molecular weight is 617 g/mol. The molecule has 3 N–H and O–H groups in total. The third-order valence-corrected chi connectivity index (χ3v) is 7.94. The SMILES string of the molecule is CCC[C@H](NC=O)C(=O)NC(CC(OC(C)=O)c1nc(C(=O)NC(Cc2ccccc2)C[C@H](C)C(=O)OC)cs1)C(C)C. The molecule has 5 atom stereocenters. The molecular weight excluding hydrogens is 572 g/mol. The van der Waals surface area contributed by atoms with E-state index in [1.54, 1.807) is 12.3 Å². The number of ether oxygens (including phenoxy) is 2. The van der Waals surface area contributed by atoms with Gasteiger partial charge >= 0.3 is 11.9 Å². The van der Waals surface area contributed by atoms with Crippen LogP contribution in [0.15, 0.2) is 35.7 Å². The highest BCUT2D eigenvalue weighted by molar-refractivity contribution is 7.09. The Morgan fingerprint density at radius 3 is 2.33 bits per heavy atom. The van der Waals surface area contributed by atoms with Crippen molar-refractivity contribution in [3.63, 3.8) is 0 Å². The van der Waals surface area contributed by atoms with Gasteiger partial charge in [-0.25, -0.2) is 4.98 Å². The Balaban J connectivity index is 2.23. The standard InChI is InChI=1S/C31H44N4O7S/c1-7-11-24(32-18-36)28(38)34-25(19(2)3)16-27(42-21(5)37)30-35-26(17-43-30)29(39)33-23(14-20(4)31(40)41-6)15-22-12-9-8-10-13-22/h8-10,12-13,17-20,23-25,27H,7,11,14-16H2,1-6H3,(H,32,36)(H,33,39)(H,34,38)/t20-,23?,24-,25?,27?/m0/s1. The number of methoxy groups -OCH3 is 1. The first-order valence-electron chi connectivity index (χ1n) is 14.5. The van der Waals surface area contributed by atoms with Gasteiger partial charge in [0.25, 0.3) is 5.91 Å². The maximum atomic E-state index is 13.3. The first-order chi connectivity index (χ1) is 20.5. The second kappa shape index (κ2) is 18.0. The van der Waals surface area contributed by atoms with E-state index in [1.807, 2.05) is 51.1 Å². The first-order valence-corrected chi connectivity index (χ1v) is 15.4. The fourth-order valence-electron chi connectivity index (χ4n) is 4.69. The second-order valence-electron chi connectivity index (χ2n) is 10.9. The number of hydrogen-bond donors (Lipinski definition) is 3. The Morgan fingerprint density at radius 2 is 1.74 bits per heavy atom. The fraction of sp³-hybridized carbons (Fsp3) is 0.548. The largest absolute Gasteiger partial charge is 0.469 e. The molecular formula is C31H44N4O7S. The van der Waals surface area contributed by atoms with E-state index in [1.165, 1.54) is 25.4 Å². The topological polar surface area (TPSA) is 153 Å². The molecule has 1 heterocycles. The summed E-state index contributed by atoms with van der Waals surface area (Å²) in [6.45, 7) is 8.83. The lowest BCUT2D eigenvalue weighted by atomic mass is 9.96. The van der Waals surface area contributed by atoms with Crippen LogP contribution in [0.5, 0.6) is 0 Å². The highest BCUT2D eigenvalue weighted by Gasteiger charge is 2.30. The Bertz CT molecular complexity index is 1200. The number of rotatable bonds is 18. The van der Waals surface area contributed by atoms with Crippen LogP contribution in [-0.2, 0) is 35.1 Å². The minimum atomic E-state index is -0.806. The van der Waals surface area contributed by atoms with E-state index in [-0.39, 0.29) is 36.0 Å². The van der Waals surface area contributed by atoms with E-state index in [0.29, 0.717) is 37.1 Å². The van der Waals surface area contributed by atoms with Crippen LogP contribution in [0.25, 0.3) is 0 Å². The highest BCUT2D eigenvalue weighted by Crippen LogP contribution is 2.29. The summed E-state index contributed by atoms with van der Waals surface area (Å²) in [6, 6.07) is 8.20. The van der Waals surface area contributed by atoms with Gasteiger partial charge in [0.1, 0.15) is 16.7 Å². The lowest BCUT2D eigenvalue weighted by Crippen LogP contribution is -2.49. The molecule has 0 aliphatic heterocycles. The molecule has 11 nitrogen and oxygen atoms in total. The molecule has 236 valence electrons. The summed E-state index contributed by atoms with van der Waals surface area (Å²) in [4.78, 5) is 65.8. The van der Waals surface area contributed by atoms with E-state index in [2.05, 4.69) is 20.9 Å². The molecule has 0 saturated carbocycles. The Labute approximate surface area is 257 Å². The number of esters is 2. The molecule has 0 bridgehead atoms. The first kappa shape index (κ1) is 35.4. The lowest BCUT2D eigenvalue weighted by molar-refractivity contribution is -0.147. The molecule has 2 aromatic rings. The van der Waals surface area contributed by atoms with Crippen LogP contribution >= 0.6 is 11.3 Å². The van der Waals surface area contributed by atoms with Crippen molar-refractivity contribution in [1.82, 2.24) is 20.9 Å². The second-order valence-corrected chi connectivity index (χ2v) is 11.8. The number of carbonyl (C=O) groups excluding carboxylic acids is 5. The Morgan fingerprint density at radius 1 is 1.05 bits per heavy atom. The van der Waals surface area contributed by atoms with E-state index in [4.69, 9.17) is 9.47 Å². The minimum absolute atomic E-state index is 0.0289. The molecule has 43 heavy (non-hydrogen) atoms. The van der Waals surface area contributed by atoms with Crippen molar-refractivity contribution in [2.24, 2.45) is 11.8 Å². The molecule has 2 rings (SSSR count). The number of nitrogens with zero attached hydrogens (tertiary/aromatic N) is 1. The normalized spacial score (nSPS) is 14.5. The van der Waals surface area contributed by atoms with Gasteiger partial charge in [-0.15, -0.1) is 11.3 Å². The van der Waals surface area contributed by atoms with Crippen LogP contribution in [-0.4, -0.2) is 60.4 Å². The number of hydrogen-bond acceptors (Lipinski definition) is 9. The van der Waals surface area contributed by atoms with Crippen molar-refractivity contribution < 1.29 is 33.4 Å². The summed E-state index contributed by atoms with van der Waals surface area (Å²) < 4.78 is 10.5. The smallest absolute Gasteiger partial charge is 0.308 e. The summed E-state index contributed by atoms with van der Waals surface area (Å²) in [5.74, 6) is -2.08. The van der Waals surface area contributed by atoms with Crippen LogP contribution in [0.4, 0.5) is 0 Å². The van der Waals surface area contributed by atoms with Gasteiger partial charge in [0.15, 0.2) is 6.10 Å². The molecule has 3 amide bonds. The molecule has 0 spiro atoms. The zero-order chi connectivity index (χ0) is 31.9. The summed E-state index contributed by atoms with van der Waals surface area (Å²) in [7, 11) is 1.33. The molecule has 0 aliphatic rings. The van der Waals surface area contributed by atoms with Gasteiger partial charge in [0, 0.05) is 30.8 Å². The van der Waals surface area contributed by atoms with Crippen molar-refractivity contribution in [1.29, 1.82) is 0 Å². The highest BCUT2D eigenvalue weighted by atomic mass is 32.1. The molecule has 0 saturated heterocycles. The van der Waals surface area contributed by atoms with Crippen LogP contribution in [0.1, 0.15) is 87.5 Å². The zero-order valence-corrected chi connectivity index (χ0v) is 26.6. The number of nitrogens with one attached hydrogen (secondary N) is 3. The van der Waals surface area contributed by atoms with Crippen molar-refractivity contribution in [2.75, 3.05) is 7.11 Å². The molecule has 12 heteroatoms. The quantitative estimate of drug-likeness (QED) is 0.169. The summed E-state index contributed by atoms with van der Waals surface area (Å²) in [6.07, 6.45) is 2.00. The zero-order valence-electron chi connectivity index (χ0n) is 25.8. The maximum Gasteiger partial charge on any atom is 0.308 e. The van der Waals surface area contributed by atoms with Crippen molar-refractivity contribution in [3.8, 4) is 0 Å². The predicted octanol–water partition coefficient (Wildman–Crippen LogP) is 3.73. The van der Waals surface area contributed by atoms with E-state index >= 15 is 0 Å². The van der Waals surface area contributed by atoms with Gasteiger partial charge in [-0.1, -0.05) is 64.4 Å². The number of thiazole rings is 1. The molecule has 3 unspecified atom stereocenters. The minimum Gasteiger partial charge on any atom is -0.469 e. The van der Waals surface area contributed by atoms with Gasteiger partial charge in [0.2, 0.25) is 12.3 Å². The van der Waals surface area contributed by atoms with Gasteiger partial charge in [0.05, 0.1) is 13.0 Å². The van der Waals surface area contributed by atoms with Crippen molar-refractivity contribution in [3.05, 3.63) is 52.0 Å². The van der Waals surface area contributed by atoms with Crippen LogP contribution in [0, 0.1) is 11.8 Å². The van der Waals surface area contributed by atoms with E-state index in [9.17, 15) is 24.0 Å². The van der Waals surface area contributed by atoms with Gasteiger partial charge in [-0.05, 0) is 30.7 Å². The fourth-order valence-corrected chi connectivity index (χ4v) is 5.53. The van der Waals surface area contributed by atoms with Crippen LogP contribution < -0.4 is 16.0 Å².